The van der Waals surface area contributed by atoms with Gasteiger partial charge in [0.1, 0.15) is 0 Å². The number of nitrogens with zero attached hydrogens (tertiary/aromatic N) is 3. The highest BCUT2D eigenvalue weighted by Crippen LogP contribution is 2.25. The molecule has 1 fully saturated rings. The van der Waals surface area contributed by atoms with Gasteiger partial charge in [0.25, 0.3) is 5.91 Å². The summed E-state index contributed by atoms with van der Waals surface area (Å²) in [7, 11) is 0. The SMILES string of the molecule is Cc1c(C(=O)N2CCCC(CCC(=O)O)C2)cnn1-c1ccccc1Cl. The Bertz CT molecular complexity index is 818. The van der Waals surface area contributed by atoms with Gasteiger partial charge in [-0.2, -0.15) is 5.10 Å². The molecule has 1 N–H and O–H groups in total. The normalized spacial score (nSPS) is 17.3. The van der Waals surface area contributed by atoms with Crippen LogP contribution in [-0.2, 0) is 4.79 Å². The fraction of sp³-hybridized carbons (Fsp3) is 0.421. The Labute approximate surface area is 157 Å². The first-order valence-corrected chi connectivity index (χ1v) is 9.15. The highest BCUT2D eigenvalue weighted by Gasteiger charge is 2.27. The van der Waals surface area contributed by atoms with Crippen molar-refractivity contribution < 1.29 is 14.7 Å². The number of aromatic nitrogens is 2. The molecule has 0 saturated carbocycles. The van der Waals surface area contributed by atoms with Gasteiger partial charge in [0.15, 0.2) is 0 Å². The van der Waals surface area contributed by atoms with Crippen LogP contribution in [0.5, 0.6) is 0 Å². The van der Waals surface area contributed by atoms with Crippen LogP contribution in [0.1, 0.15) is 41.7 Å². The predicted molar refractivity (Wildman–Crippen MR) is 98.8 cm³/mol. The summed E-state index contributed by atoms with van der Waals surface area (Å²) in [6.07, 6.45) is 4.21. The van der Waals surface area contributed by atoms with E-state index in [1.165, 1.54) is 0 Å². The fourth-order valence-corrected chi connectivity index (χ4v) is 3.68. The summed E-state index contributed by atoms with van der Waals surface area (Å²) in [6.45, 7) is 3.15. The van der Waals surface area contributed by atoms with E-state index in [0.29, 0.717) is 30.1 Å². The predicted octanol–water partition coefficient (Wildman–Crippen LogP) is 3.55. The van der Waals surface area contributed by atoms with Crippen LogP contribution in [0.25, 0.3) is 5.69 Å². The van der Waals surface area contributed by atoms with E-state index < -0.39 is 5.97 Å². The molecule has 1 aromatic heterocycles. The molecule has 138 valence electrons. The van der Waals surface area contributed by atoms with E-state index >= 15 is 0 Å². The highest BCUT2D eigenvalue weighted by molar-refractivity contribution is 6.32. The third kappa shape index (κ3) is 3.90. The lowest BCUT2D eigenvalue weighted by Gasteiger charge is -2.32. The minimum absolute atomic E-state index is 0.0548. The summed E-state index contributed by atoms with van der Waals surface area (Å²) >= 11 is 6.24. The van der Waals surface area contributed by atoms with E-state index in [4.69, 9.17) is 16.7 Å². The number of carbonyl (C=O) groups is 2. The number of amides is 1. The number of hydrogen-bond donors (Lipinski definition) is 1. The summed E-state index contributed by atoms with van der Waals surface area (Å²) in [5.41, 5.74) is 2.04. The lowest BCUT2D eigenvalue weighted by Crippen LogP contribution is -2.40. The quantitative estimate of drug-likeness (QED) is 0.867. The molecule has 1 aliphatic heterocycles. The molecule has 6 nitrogen and oxygen atoms in total. The Kier molecular flexibility index (Phi) is 5.61. The molecule has 1 aliphatic rings. The molecule has 1 amide bonds. The van der Waals surface area contributed by atoms with Crippen LogP contribution in [0.4, 0.5) is 0 Å². The minimum atomic E-state index is -0.787. The number of carbonyl (C=O) groups excluding carboxylic acids is 1. The number of aliphatic carboxylic acids is 1. The maximum absolute atomic E-state index is 13.0. The van der Waals surface area contributed by atoms with Gasteiger partial charge < -0.3 is 10.0 Å². The van der Waals surface area contributed by atoms with Crippen molar-refractivity contribution in [3.05, 3.63) is 46.7 Å². The van der Waals surface area contributed by atoms with Crippen LogP contribution in [0.2, 0.25) is 5.02 Å². The number of carboxylic acid groups (broad SMARTS) is 1. The van der Waals surface area contributed by atoms with Crippen LogP contribution in [0.3, 0.4) is 0 Å². The second-order valence-corrected chi connectivity index (χ2v) is 7.11. The van der Waals surface area contributed by atoms with Gasteiger partial charge >= 0.3 is 5.97 Å². The number of likely N-dealkylation sites (tertiary alicyclic amines) is 1. The largest absolute Gasteiger partial charge is 0.481 e. The molecule has 1 aromatic carbocycles. The van der Waals surface area contributed by atoms with Crippen molar-refractivity contribution >= 4 is 23.5 Å². The molecule has 2 aromatic rings. The Hall–Kier alpha value is -2.34. The molecular weight excluding hydrogens is 354 g/mol. The maximum atomic E-state index is 13.0. The van der Waals surface area contributed by atoms with Gasteiger partial charge in [-0.05, 0) is 44.2 Å². The van der Waals surface area contributed by atoms with Gasteiger partial charge in [0.2, 0.25) is 0 Å². The standard InChI is InChI=1S/C19H22ClN3O3/c1-13-15(11-21-23(13)17-7-3-2-6-16(17)20)19(26)22-10-4-5-14(12-22)8-9-18(24)25/h2-3,6-7,11,14H,4-5,8-10,12H2,1H3,(H,24,25). The average molecular weight is 376 g/mol. The van der Waals surface area contributed by atoms with Crippen LogP contribution >= 0.6 is 11.6 Å². The minimum Gasteiger partial charge on any atom is -0.481 e. The van der Waals surface area contributed by atoms with Crippen LogP contribution in [-0.4, -0.2) is 44.8 Å². The first kappa shape index (κ1) is 18.5. The number of para-hydroxylation sites is 1. The Morgan fingerprint density at radius 2 is 2.12 bits per heavy atom. The summed E-state index contributed by atoms with van der Waals surface area (Å²) in [4.78, 5) is 25.6. The second kappa shape index (κ2) is 7.91. The third-order valence-electron chi connectivity index (χ3n) is 4.89. The summed E-state index contributed by atoms with van der Waals surface area (Å²) in [5.74, 6) is -0.603. The molecule has 1 atom stereocenters. The van der Waals surface area contributed by atoms with Gasteiger partial charge in [0, 0.05) is 19.5 Å². The van der Waals surface area contributed by atoms with Gasteiger partial charge in [-0.15, -0.1) is 0 Å². The lowest BCUT2D eigenvalue weighted by atomic mass is 9.93. The van der Waals surface area contributed by atoms with Crippen molar-refractivity contribution in [2.45, 2.75) is 32.6 Å². The molecule has 1 saturated heterocycles. The molecule has 26 heavy (non-hydrogen) atoms. The number of rotatable bonds is 5. The van der Waals surface area contributed by atoms with Gasteiger partial charge in [-0.1, -0.05) is 23.7 Å². The van der Waals surface area contributed by atoms with Gasteiger partial charge in [-0.3, -0.25) is 9.59 Å². The van der Waals surface area contributed by atoms with E-state index in [-0.39, 0.29) is 18.2 Å². The summed E-state index contributed by atoms with van der Waals surface area (Å²) in [5, 5.41) is 13.8. The summed E-state index contributed by atoms with van der Waals surface area (Å²) in [6, 6.07) is 7.37. The zero-order chi connectivity index (χ0) is 18.7. The smallest absolute Gasteiger partial charge is 0.303 e. The average Bonchev–Trinajstić information content (AvgIpc) is 3.01. The van der Waals surface area contributed by atoms with E-state index in [1.54, 1.807) is 16.9 Å². The van der Waals surface area contributed by atoms with Crippen LogP contribution in [0, 0.1) is 12.8 Å². The molecule has 1 unspecified atom stereocenters. The van der Waals surface area contributed by atoms with Crippen molar-refractivity contribution in [3.63, 3.8) is 0 Å². The number of hydrogen-bond acceptors (Lipinski definition) is 3. The van der Waals surface area contributed by atoms with Gasteiger partial charge in [-0.25, -0.2) is 4.68 Å². The Morgan fingerprint density at radius 1 is 1.35 bits per heavy atom. The van der Waals surface area contributed by atoms with E-state index in [2.05, 4.69) is 5.10 Å². The molecule has 3 rings (SSSR count). The molecule has 0 bridgehead atoms. The van der Waals surface area contributed by atoms with Gasteiger partial charge in [0.05, 0.1) is 28.2 Å². The first-order chi connectivity index (χ1) is 12.5. The molecule has 0 radical (unpaired) electrons. The van der Waals surface area contributed by atoms with Crippen LogP contribution in [0.15, 0.2) is 30.5 Å². The monoisotopic (exact) mass is 375 g/mol. The van der Waals surface area contributed by atoms with Crippen molar-refractivity contribution in [1.82, 2.24) is 14.7 Å². The number of piperidine rings is 1. The van der Waals surface area contributed by atoms with E-state index in [9.17, 15) is 9.59 Å². The topological polar surface area (TPSA) is 75.4 Å². The third-order valence-corrected chi connectivity index (χ3v) is 5.21. The van der Waals surface area contributed by atoms with Crippen molar-refractivity contribution in [2.24, 2.45) is 5.92 Å². The molecular formula is C19H22ClN3O3. The Balaban J connectivity index is 1.76. The van der Waals surface area contributed by atoms with Crippen molar-refractivity contribution in [3.8, 4) is 5.69 Å². The molecule has 0 aliphatic carbocycles. The Morgan fingerprint density at radius 3 is 2.85 bits per heavy atom. The second-order valence-electron chi connectivity index (χ2n) is 6.70. The van der Waals surface area contributed by atoms with Crippen molar-refractivity contribution in [1.29, 1.82) is 0 Å². The van der Waals surface area contributed by atoms with Crippen molar-refractivity contribution in [2.75, 3.05) is 13.1 Å². The first-order valence-electron chi connectivity index (χ1n) is 8.78. The molecule has 7 heteroatoms. The van der Waals surface area contributed by atoms with E-state index in [0.717, 1.165) is 24.2 Å². The molecule has 0 spiro atoms. The highest BCUT2D eigenvalue weighted by atomic mass is 35.5. The number of benzene rings is 1. The van der Waals surface area contributed by atoms with E-state index in [1.807, 2.05) is 30.0 Å². The fourth-order valence-electron chi connectivity index (χ4n) is 3.47. The molecule has 2 heterocycles. The zero-order valence-corrected chi connectivity index (χ0v) is 15.4. The zero-order valence-electron chi connectivity index (χ0n) is 14.7. The maximum Gasteiger partial charge on any atom is 0.303 e. The summed E-state index contributed by atoms with van der Waals surface area (Å²) < 4.78 is 1.68. The number of halogens is 1. The lowest BCUT2D eigenvalue weighted by molar-refractivity contribution is -0.137. The van der Waals surface area contributed by atoms with Crippen LogP contribution < -0.4 is 0 Å². The number of carboxylic acids is 1.